The Bertz CT molecular complexity index is 1110. The molecule has 1 fully saturated rings. The van der Waals surface area contributed by atoms with Crippen LogP contribution in [0.1, 0.15) is 18.9 Å². The van der Waals surface area contributed by atoms with Crippen LogP contribution in [0.2, 0.25) is 0 Å². The number of hydrogen-bond acceptors (Lipinski definition) is 2. The van der Waals surface area contributed by atoms with Crippen LogP contribution >= 0.6 is 11.8 Å². The number of aryl methyl sites for hydroxylation is 1. The zero-order chi connectivity index (χ0) is 20.0. The zero-order valence-electron chi connectivity index (χ0n) is 17.5. The molecule has 0 amide bonds. The van der Waals surface area contributed by atoms with Crippen molar-refractivity contribution >= 4 is 34.4 Å². The number of pyridine rings is 1. The molecule has 0 radical (unpaired) electrons. The maximum Gasteiger partial charge on any atom is 0.213 e. The van der Waals surface area contributed by atoms with Gasteiger partial charge >= 0.3 is 0 Å². The molecule has 3 nitrogen and oxygen atoms in total. The summed E-state index contributed by atoms with van der Waals surface area (Å²) in [6.45, 7) is 6.05. The molecule has 1 saturated heterocycles. The second-order valence-corrected chi connectivity index (χ2v) is 9.74. The fraction of sp³-hybridized carbons (Fsp3) is 0.320. The number of aromatic nitrogens is 1. The Kier molecular flexibility index (Phi) is 4.64. The van der Waals surface area contributed by atoms with E-state index in [9.17, 15) is 0 Å². The number of hydrogen-bond donors (Lipinski definition) is 0. The molecule has 2 atom stereocenters. The number of fused-ring (bicyclic) bond motifs is 2. The van der Waals surface area contributed by atoms with Gasteiger partial charge < -0.3 is 9.38 Å². The molecule has 0 bridgehead atoms. The molecule has 2 unspecified atom stereocenters. The third-order valence-electron chi connectivity index (χ3n) is 6.69. The Balaban J connectivity index is 1.43. The van der Waals surface area contributed by atoms with Crippen molar-refractivity contribution in [1.29, 1.82) is 0 Å². The van der Waals surface area contributed by atoms with Crippen LogP contribution in [0.3, 0.4) is 0 Å². The lowest BCUT2D eigenvalue weighted by Crippen LogP contribution is -2.37. The van der Waals surface area contributed by atoms with Gasteiger partial charge in [0, 0.05) is 24.1 Å². The van der Waals surface area contributed by atoms with Gasteiger partial charge in [0.25, 0.3) is 0 Å². The smallest absolute Gasteiger partial charge is 0.213 e. The van der Waals surface area contributed by atoms with Gasteiger partial charge in [0.05, 0.1) is 36.1 Å². The zero-order valence-corrected chi connectivity index (χ0v) is 18.3. The monoisotopic (exact) mass is 403 g/mol. The predicted octanol–water partition coefficient (Wildman–Crippen LogP) is 4.91. The number of rotatable bonds is 5. The lowest BCUT2D eigenvalue weighted by molar-refractivity contribution is -0.795. The molecule has 2 aromatic carbocycles. The molecule has 0 aliphatic carbocycles. The molecule has 29 heavy (non-hydrogen) atoms. The number of nitrogens with zero attached hydrogens (tertiary/aromatic N) is 3. The van der Waals surface area contributed by atoms with Gasteiger partial charge in [-0.25, -0.2) is 0 Å². The topological polar surface area (TPSA) is 7.12 Å². The average Bonchev–Trinajstić information content (AvgIpc) is 3.20. The van der Waals surface area contributed by atoms with Gasteiger partial charge in [-0.3, -0.25) is 0 Å². The molecule has 1 aromatic heterocycles. The van der Waals surface area contributed by atoms with Crippen LogP contribution in [0.25, 0.3) is 17.0 Å². The van der Waals surface area contributed by atoms with E-state index in [1.165, 1.54) is 56.1 Å². The minimum absolute atomic E-state index is 0.843. The van der Waals surface area contributed by atoms with Gasteiger partial charge in [-0.05, 0) is 36.8 Å². The van der Waals surface area contributed by atoms with Gasteiger partial charge in [-0.15, -0.1) is 0 Å². The van der Waals surface area contributed by atoms with E-state index in [2.05, 4.69) is 97.4 Å². The molecule has 3 aromatic rings. The van der Waals surface area contributed by atoms with Gasteiger partial charge in [0.1, 0.15) is 12.6 Å². The van der Waals surface area contributed by atoms with Crippen LogP contribution in [-0.2, 0) is 6.54 Å². The van der Waals surface area contributed by atoms with Crippen molar-refractivity contribution in [3.63, 3.8) is 0 Å². The average molecular weight is 404 g/mol. The number of quaternary nitrogens is 1. The molecule has 148 valence electrons. The molecular weight excluding hydrogens is 374 g/mol. The van der Waals surface area contributed by atoms with Crippen LogP contribution < -0.4 is 9.47 Å². The third-order valence-corrected chi connectivity index (χ3v) is 7.85. The number of benzene rings is 2. The van der Waals surface area contributed by atoms with E-state index in [1.807, 2.05) is 11.8 Å². The molecule has 4 heteroatoms. The first-order valence-corrected chi connectivity index (χ1v) is 11.3. The number of anilines is 1. The van der Waals surface area contributed by atoms with E-state index in [4.69, 9.17) is 0 Å². The van der Waals surface area contributed by atoms with Crippen molar-refractivity contribution in [2.24, 2.45) is 0 Å². The quantitative estimate of drug-likeness (QED) is 0.340. The molecule has 0 N–H and O–H groups in total. The highest BCUT2D eigenvalue weighted by molar-refractivity contribution is 8.03. The minimum atomic E-state index is 0.843. The summed E-state index contributed by atoms with van der Waals surface area (Å²) >= 11 is 1.85. The normalized spacial score (nSPS) is 24.3. The summed E-state index contributed by atoms with van der Waals surface area (Å²) in [5.74, 6) is 0. The summed E-state index contributed by atoms with van der Waals surface area (Å²) in [5, 5.41) is 2.61. The molecule has 2 aliphatic heterocycles. The molecule has 2 aliphatic rings. The van der Waals surface area contributed by atoms with E-state index in [-0.39, 0.29) is 0 Å². The van der Waals surface area contributed by atoms with Crippen LogP contribution in [0.5, 0.6) is 0 Å². The summed E-state index contributed by atoms with van der Waals surface area (Å²) in [4.78, 5) is 3.63. The molecular formula is C25H29N3S+2. The van der Waals surface area contributed by atoms with Crippen molar-refractivity contribution < 1.29 is 9.05 Å². The fourth-order valence-corrected chi connectivity index (χ4v) is 5.58. The van der Waals surface area contributed by atoms with E-state index in [0.717, 1.165) is 12.6 Å². The van der Waals surface area contributed by atoms with Crippen molar-refractivity contribution in [2.75, 3.05) is 32.1 Å². The van der Waals surface area contributed by atoms with E-state index < -0.39 is 0 Å². The summed E-state index contributed by atoms with van der Waals surface area (Å²) in [6.07, 6.45) is 5.83. The number of likely N-dealkylation sites (N-methyl/N-ethyl adjacent to an activating group) is 1. The maximum atomic E-state index is 2.43. The van der Waals surface area contributed by atoms with Crippen molar-refractivity contribution in [1.82, 2.24) is 0 Å². The highest BCUT2D eigenvalue weighted by Gasteiger charge is 2.46. The Morgan fingerprint density at radius 2 is 1.90 bits per heavy atom. The molecule has 0 saturated carbocycles. The summed E-state index contributed by atoms with van der Waals surface area (Å²) in [7, 11) is 4.55. The largest absolute Gasteiger partial charge is 0.338 e. The molecule has 5 rings (SSSR count). The first kappa shape index (κ1) is 18.7. The van der Waals surface area contributed by atoms with Gasteiger partial charge in [-0.2, -0.15) is 4.57 Å². The van der Waals surface area contributed by atoms with Crippen LogP contribution in [0, 0.1) is 0 Å². The lowest BCUT2D eigenvalue weighted by atomic mass is 10.1. The standard InChI is InChI=1S/C25H29N3S/c1-19-18-28(19,3)16-8-14-27-15-13-20(21-9-4-5-10-22(21)27)17-25-26(2)23-11-6-7-12-24(23)29-25/h4-7,9-13,15,17,19H,8,14,16,18H2,1-3H3/q+2. The third kappa shape index (κ3) is 3.45. The second kappa shape index (κ2) is 7.19. The predicted molar refractivity (Wildman–Crippen MR) is 123 cm³/mol. The maximum absolute atomic E-state index is 2.43. The summed E-state index contributed by atoms with van der Waals surface area (Å²) in [5.41, 5.74) is 3.91. The van der Waals surface area contributed by atoms with Crippen LogP contribution in [0.4, 0.5) is 5.69 Å². The van der Waals surface area contributed by atoms with Gasteiger partial charge in [-0.1, -0.05) is 36.0 Å². The Morgan fingerprint density at radius 1 is 1.14 bits per heavy atom. The Labute approximate surface area is 177 Å². The van der Waals surface area contributed by atoms with Crippen molar-refractivity contribution in [2.45, 2.75) is 30.8 Å². The summed E-state index contributed by atoms with van der Waals surface area (Å²) in [6, 6.07) is 20.6. The SMILES string of the molecule is CC1C[N+]1(C)CCC[n+]1ccc(/C=C2\Sc3ccccc3N2C)c2ccccc21. The van der Waals surface area contributed by atoms with Crippen LogP contribution in [-0.4, -0.2) is 37.7 Å². The fourth-order valence-electron chi connectivity index (χ4n) is 4.48. The van der Waals surface area contributed by atoms with Gasteiger partial charge in [0.15, 0.2) is 12.7 Å². The van der Waals surface area contributed by atoms with E-state index in [1.54, 1.807) is 0 Å². The van der Waals surface area contributed by atoms with Crippen LogP contribution in [0.15, 0.2) is 70.7 Å². The first-order valence-electron chi connectivity index (χ1n) is 10.5. The molecule has 3 heterocycles. The second-order valence-electron chi connectivity index (χ2n) is 8.68. The van der Waals surface area contributed by atoms with E-state index >= 15 is 0 Å². The van der Waals surface area contributed by atoms with E-state index in [0.29, 0.717) is 0 Å². The summed E-state index contributed by atoms with van der Waals surface area (Å²) < 4.78 is 3.67. The Morgan fingerprint density at radius 3 is 2.69 bits per heavy atom. The van der Waals surface area contributed by atoms with Crippen molar-refractivity contribution in [3.8, 4) is 0 Å². The minimum Gasteiger partial charge on any atom is -0.338 e. The van der Waals surface area contributed by atoms with Gasteiger partial charge in [0.2, 0.25) is 5.52 Å². The molecule has 0 spiro atoms. The van der Waals surface area contributed by atoms with Crippen molar-refractivity contribution in [3.05, 3.63) is 71.4 Å². The highest BCUT2D eigenvalue weighted by Crippen LogP contribution is 2.45. The lowest BCUT2D eigenvalue weighted by Gasteiger charge is -2.14. The first-order chi connectivity index (χ1) is 14.0. The highest BCUT2D eigenvalue weighted by atomic mass is 32.2. The Hall–Kier alpha value is -2.30. The number of para-hydroxylation sites is 2. The number of thioether (sulfide) groups is 1.